The maximum atomic E-state index is 12.6. The number of amides is 1. The summed E-state index contributed by atoms with van der Waals surface area (Å²) in [5.41, 5.74) is 3.14. The summed E-state index contributed by atoms with van der Waals surface area (Å²) in [7, 11) is 1.83. The lowest BCUT2D eigenvalue weighted by Gasteiger charge is -2.26. The highest BCUT2D eigenvalue weighted by molar-refractivity contribution is 5.92. The number of imidazole rings is 1. The number of fused-ring (bicyclic) bond motifs is 1. The molecule has 4 aromatic heterocycles. The second kappa shape index (κ2) is 9.32. The normalized spacial score (nSPS) is 13.5. The van der Waals surface area contributed by atoms with Crippen LogP contribution in [0.15, 0.2) is 36.8 Å². The fourth-order valence-corrected chi connectivity index (χ4v) is 3.63. The molecule has 0 radical (unpaired) electrons. The minimum absolute atomic E-state index is 0.176. The molecule has 1 aliphatic rings. The molecule has 176 valence electrons. The summed E-state index contributed by atoms with van der Waals surface area (Å²) in [4.78, 5) is 27.4. The van der Waals surface area contributed by atoms with Crippen LogP contribution in [0.1, 0.15) is 21.7 Å². The van der Waals surface area contributed by atoms with Gasteiger partial charge in [-0.15, -0.1) is 10.2 Å². The number of nitriles is 1. The van der Waals surface area contributed by atoms with Crippen LogP contribution >= 0.6 is 0 Å². The number of anilines is 2. The van der Waals surface area contributed by atoms with Crippen molar-refractivity contribution in [1.29, 1.82) is 5.26 Å². The first-order valence-corrected chi connectivity index (χ1v) is 10.9. The van der Waals surface area contributed by atoms with Gasteiger partial charge in [0.25, 0.3) is 5.91 Å². The van der Waals surface area contributed by atoms with Crippen LogP contribution < -0.4 is 10.1 Å². The van der Waals surface area contributed by atoms with Crippen molar-refractivity contribution in [2.45, 2.75) is 6.92 Å². The van der Waals surface area contributed by atoms with Crippen LogP contribution in [0.4, 0.5) is 11.5 Å². The van der Waals surface area contributed by atoms with E-state index in [1.807, 2.05) is 20.0 Å². The van der Waals surface area contributed by atoms with Gasteiger partial charge in [0.15, 0.2) is 22.9 Å². The predicted molar refractivity (Wildman–Crippen MR) is 124 cm³/mol. The monoisotopic (exact) mass is 471 g/mol. The highest BCUT2D eigenvalue weighted by Gasteiger charge is 2.20. The number of carbonyl (C=O) groups excluding carboxylic acids is 1. The van der Waals surface area contributed by atoms with Gasteiger partial charge < -0.3 is 24.3 Å². The molecule has 35 heavy (non-hydrogen) atoms. The number of carbonyl (C=O) groups is 1. The number of morpholine rings is 1. The Bertz CT molecular complexity index is 1440. The second-order valence-corrected chi connectivity index (χ2v) is 7.92. The van der Waals surface area contributed by atoms with Crippen molar-refractivity contribution >= 4 is 28.6 Å². The fourth-order valence-electron chi connectivity index (χ4n) is 3.63. The Morgan fingerprint density at radius 3 is 2.74 bits per heavy atom. The topological polar surface area (TPSA) is 144 Å². The molecule has 5 rings (SSSR count). The maximum absolute atomic E-state index is 12.6. The zero-order chi connectivity index (χ0) is 24.4. The second-order valence-electron chi connectivity index (χ2n) is 7.92. The van der Waals surface area contributed by atoms with Gasteiger partial charge in [-0.1, -0.05) is 0 Å². The average Bonchev–Trinajstić information content (AvgIpc) is 3.26. The molecule has 5 heterocycles. The van der Waals surface area contributed by atoms with Gasteiger partial charge in [0.2, 0.25) is 5.88 Å². The third kappa shape index (κ3) is 4.57. The summed E-state index contributed by atoms with van der Waals surface area (Å²) in [6, 6.07) is 8.67. The SMILES string of the molecule is Cc1cc(C#N)ncc1Oc1cc(Nc2ccc(C(=O)N3CCOCC3)nn2)c2ncn(C)c2n1. The lowest BCUT2D eigenvalue weighted by atomic mass is 10.2. The number of nitrogens with zero attached hydrogens (tertiary/aromatic N) is 8. The van der Waals surface area contributed by atoms with Gasteiger partial charge in [0, 0.05) is 26.2 Å². The first-order chi connectivity index (χ1) is 17.0. The number of nitrogens with one attached hydrogen (secondary N) is 1. The Hall–Kier alpha value is -4.63. The number of aromatic nitrogens is 6. The highest BCUT2D eigenvalue weighted by Crippen LogP contribution is 2.31. The molecule has 12 heteroatoms. The van der Waals surface area contributed by atoms with E-state index >= 15 is 0 Å². The van der Waals surface area contributed by atoms with Gasteiger partial charge in [-0.25, -0.2) is 9.97 Å². The summed E-state index contributed by atoms with van der Waals surface area (Å²) in [5, 5.41) is 20.5. The number of hydrogen-bond acceptors (Lipinski definition) is 10. The Balaban J connectivity index is 1.41. The smallest absolute Gasteiger partial charge is 0.274 e. The number of pyridine rings is 2. The van der Waals surface area contributed by atoms with E-state index < -0.39 is 0 Å². The third-order valence-electron chi connectivity index (χ3n) is 5.48. The van der Waals surface area contributed by atoms with Gasteiger partial charge in [0.1, 0.15) is 17.3 Å². The van der Waals surface area contributed by atoms with Crippen LogP contribution in [-0.2, 0) is 11.8 Å². The first kappa shape index (κ1) is 22.2. The van der Waals surface area contributed by atoms with E-state index in [0.717, 1.165) is 5.56 Å². The van der Waals surface area contributed by atoms with Crippen LogP contribution in [0, 0.1) is 18.3 Å². The van der Waals surface area contributed by atoms with Gasteiger partial charge in [-0.2, -0.15) is 10.2 Å². The summed E-state index contributed by atoms with van der Waals surface area (Å²) in [5.74, 6) is 1.05. The van der Waals surface area contributed by atoms with Crippen molar-refractivity contribution in [1.82, 2.24) is 34.6 Å². The molecule has 0 spiro atoms. The molecular formula is C23H21N9O3. The lowest BCUT2D eigenvalue weighted by molar-refractivity contribution is 0.0298. The molecule has 1 aliphatic heterocycles. The van der Waals surface area contributed by atoms with Crippen LogP contribution in [-0.4, -0.2) is 66.8 Å². The van der Waals surface area contributed by atoms with E-state index in [0.29, 0.717) is 66.3 Å². The Morgan fingerprint density at radius 1 is 1.20 bits per heavy atom. The molecule has 1 saturated heterocycles. The predicted octanol–water partition coefficient (Wildman–Crippen LogP) is 2.34. The molecule has 4 aromatic rings. The number of aryl methyl sites for hydroxylation is 2. The molecule has 0 atom stereocenters. The van der Waals surface area contributed by atoms with Crippen molar-refractivity contribution in [3.63, 3.8) is 0 Å². The molecule has 1 amide bonds. The summed E-state index contributed by atoms with van der Waals surface area (Å²) >= 11 is 0. The quantitative estimate of drug-likeness (QED) is 0.460. The minimum Gasteiger partial charge on any atom is -0.437 e. The van der Waals surface area contributed by atoms with Crippen molar-refractivity contribution in [3.8, 4) is 17.7 Å². The standard InChI is InChI=1S/C23H21N9O3/c1-14-9-15(11-24)25-12-18(14)35-20-10-17(21-22(28-20)31(2)13-26-21)27-19-4-3-16(29-30-19)23(33)32-5-7-34-8-6-32/h3-4,9-10,12-13H,5-8H2,1-2H3,(H,27,28,30). The molecular weight excluding hydrogens is 450 g/mol. The van der Waals surface area contributed by atoms with Crippen molar-refractivity contribution in [2.75, 3.05) is 31.6 Å². The zero-order valence-corrected chi connectivity index (χ0v) is 19.1. The van der Waals surface area contributed by atoms with Crippen molar-refractivity contribution in [2.24, 2.45) is 7.05 Å². The van der Waals surface area contributed by atoms with E-state index in [2.05, 4.69) is 30.5 Å². The molecule has 0 aliphatic carbocycles. The molecule has 0 bridgehead atoms. The molecule has 1 N–H and O–H groups in total. The van der Waals surface area contributed by atoms with Crippen molar-refractivity contribution in [3.05, 3.63) is 53.7 Å². The van der Waals surface area contributed by atoms with Gasteiger partial charge in [-0.3, -0.25) is 4.79 Å². The summed E-state index contributed by atoms with van der Waals surface area (Å²) in [6.07, 6.45) is 3.14. The average molecular weight is 471 g/mol. The van der Waals surface area contributed by atoms with E-state index in [-0.39, 0.29) is 11.6 Å². The largest absolute Gasteiger partial charge is 0.437 e. The Labute approximate surface area is 200 Å². The zero-order valence-electron chi connectivity index (χ0n) is 19.1. The number of hydrogen-bond donors (Lipinski definition) is 1. The first-order valence-electron chi connectivity index (χ1n) is 10.9. The van der Waals surface area contributed by atoms with Crippen LogP contribution in [0.3, 0.4) is 0 Å². The maximum Gasteiger partial charge on any atom is 0.274 e. The van der Waals surface area contributed by atoms with Gasteiger partial charge in [0.05, 0.1) is 31.4 Å². The molecule has 0 saturated carbocycles. The van der Waals surface area contributed by atoms with E-state index in [1.54, 1.807) is 40.1 Å². The van der Waals surface area contributed by atoms with E-state index in [4.69, 9.17) is 14.7 Å². The van der Waals surface area contributed by atoms with E-state index in [1.165, 1.54) is 6.20 Å². The van der Waals surface area contributed by atoms with Crippen LogP contribution in [0.2, 0.25) is 0 Å². The van der Waals surface area contributed by atoms with Crippen molar-refractivity contribution < 1.29 is 14.3 Å². The third-order valence-corrected chi connectivity index (χ3v) is 5.48. The Kier molecular flexibility index (Phi) is 5.90. The van der Waals surface area contributed by atoms with Gasteiger partial charge in [-0.05, 0) is 30.7 Å². The molecule has 12 nitrogen and oxygen atoms in total. The number of ether oxygens (including phenoxy) is 2. The summed E-state index contributed by atoms with van der Waals surface area (Å²) in [6.45, 7) is 3.93. The molecule has 1 fully saturated rings. The fraction of sp³-hybridized carbons (Fsp3) is 0.261. The van der Waals surface area contributed by atoms with Crippen LogP contribution in [0.25, 0.3) is 11.2 Å². The van der Waals surface area contributed by atoms with E-state index in [9.17, 15) is 4.79 Å². The summed E-state index contributed by atoms with van der Waals surface area (Å²) < 4.78 is 13.0. The molecule has 0 unspecified atom stereocenters. The minimum atomic E-state index is -0.176. The van der Waals surface area contributed by atoms with Gasteiger partial charge >= 0.3 is 0 Å². The lowest BCUT2D eigenvalue weighted by Crippen LogP contribution is -2.41. The Morgan fingerprint density at radius 2 is 2.03 bits per heavy atom. The number of rotatable bonds is 5. The molecule has 0 aromatic carbocycles. The van der Waals surface area contributed by atoms with Crippen LogP contribution in [0.5, 0.6) is 11.6 Å². The highest BCUT2D eigenvalue weighted by atomic mass is 16.5.